The summed E-state index contributed by atoms with van der Waals surface area (Å²) in [4.78, 5) is 14.5. The molecular weight excluding hydrogens is 276 g/mol. The molecule has 0 spiro atoms. The predicted molar refractivity (Wildman–Crippen MR) is 88.5 cm³/mol. The van der Waals surface area contributed by atoms with Gasteiger partial charge >= 0.3 is 0 Å². The maximum Gasteiger partial charge on any atom is 0.239 e. The molecule has 1 saturated carbocycles. The van der Waals surface area contributed by atoms with Crippen LogP contribution in [0.4, 0.5) is 0 Å². The van der Waals surface area contributed by atoms with E-state index in [1.165, 1.54) is 19.3 Å². The third kappa shape index (κ3) is 4.31. The zero-order valence-corrected chi connectivity index (χ0v) is 13.7. The standard InChI is InChI=1S/C18H28N2O2/c1-14(18(22)20(2)16-11-7-4-8-12-16)19-17(13-21)15-9-5-3-6-10-15/h3,5-6,9-10,14,16-17,19,21H,4,7-8,11-13H2,1-2H3/t14-,17+/m0/s1. The molecule has 4 heteroatoms. The van der Waals surface area contributed by atoms with Gasteiger partial charge in [0.15, 0.2) is 0 Å². The number of aliphatic hydroxyl groups is 1. The molecule has 0 heterocycles. The van der Waals surface area contributed by atoms with Crippen molar-refractivity contribution in [2.45, 2.75) is 57.2 Å². The van der Waals surface area contributed by atoms with Crippen LogP contribution in [0.15, 0.2) is 30.3 Å². The van der Waals surface area contributed by atoms with E-state index in [4.69, 9.17) is 0 Å². The van der Waals surface area contributed by atoms with Crippen molar-refractivity contribution in [2.75, 3.05) is 13.7 Å². The normalized spacial score (nSPS) is 18.7. The topological polar surface area (TPSA) is 52.6 Å². The van der Waals surface area contributed by atoms with Gasteiger partial charge < -0.3 is 10.0 Å². The first kappa shape index (κ1) is 17.0. The second-order valence-electron chi connectivity index (χ2n) is 6.28. The lowest BCUT2D eigenvalue weighted by Gasteiger charge is -2.34. The van der Waals surface area contributed by atoms with Gasteiger partial charge in [0.25, 0.3) is 0 Å². The lowest BCUT2D eigenvalue weighted by molar-refractivity contribution is -0.134. The van der Waals surface area contributed by atoms with Crippen LogP contribution in [0, 0.1) is 0 Å². The molecule has 0 saturated heterocycles. The zero-order valence-electron chi connectivity index (χ0n) is 13.7. The van der Waals surface area contributed by atoms with Crippen molar-refractivity contribution in [1.29, 1.82) is 0 Å². The van der Waals surface area contributed by atoms with E-state index in [2.05, 4.69) is 5.32 Å². The number of carbonyl (C=O) groups is 1. The maximum atomic E-state index is 12.6. The molecule has 2 atom stereocenters. The van der Waals surface area contributed by atoms with Crippen LogP contribution in [-0.2, 0) is 4.79 Å². The predicted octanol–water partition coefficient (Wildman–Crippen LogP) is 2.49. The Hall–Kier alpha value is -1.39. The molecule has 2 N–H and O–H groups in total. The molecule has 4 nitrogen and oxygen atoms in total. The van der Waals surface area contributed by atoms with Crippen molar-refractivity contribution in [3.8, 4) is 0 Å². The van der Waals surface area contributed by atoms with Crippen LogP contribution in [0.5, 0.6) is 0 Å². The van der Waals surface area contributed by atoms with Crippen LogP contribution in [0.3, 0.4) is 0 Å². The number of hydrogen-bond acceptors (Lipinski definition) is 3. The highest BCUT2D eigenvalue weighted by Gasteiger charge is 2.26. The van der Waals surface area contributed by atoms with Crippen molar-refractivity contribution in [3.63, 3.8) is 0 Å². The highest BCUT2D eigenvalue weighted by Crippen LogP contribution is 2.22. The Morgan fingerprint density at radius 3 is 2.50 bits per heavy atom. The third-order valence-corrected chi connectivity index (χ3v) is 4.68. The molecule has 1 aliphatic carbocycles. The Kier molecular flexibility index (Phi) is 6.40. The number of hydrogen-bond donors (Lipinski definition) is 2. The largest absolute Gasteiger partial charge is 0.394 e. The summed E-state index contributed by atoms with van der Waals surface area (Å²) in [6.45, 7) is 1.86. The summed E-state index contributed by atoms with van der Waals surface area (Å²) < 4.78 is 0. The van der Waals surface area contributed by atoms with Crippen LogP contribution >= 0.6 is 0 Å². The summed E-state index contributed by atoms with van der Waals surface area (Å²) in [7, 11) is 1.91. The van der Waals surface area contributed by atoms with Crippen molar-refractivity contribution < 1.29 is 9.90 Å². The van der Waals surface area contributed by atoms with Gasteiger partial charge in [-0.25, -0.2) is 0 Å². The highest BCUT2D eigenvalue weighted by atomic mass is 16.3. The molecule has 1 fully saturated rings. The van der Waals surface area contributed by atoms with Gasteiger partial charge in [0.05, 0.1) is 18.7 Å². The van der Waals surface area contributed by atoms with Gasteiger partial charge in [-0.2, -0.15) is 0 Å². The van der Waals surface area contributed by atoms with E-state index >= 15 is 0 Å². The summed E-state index contributed by atoms with van der Waals surface area (Å²) >= 11 is 0. The van der Waals surface area contributed by atoms with E-state index in [9.17, 15) is 9.90 Å². The Morgan fingerprint density at radius 1 is 1.27 bits per heavy atom. The summed E-state index contributed by atoms with van der Waals surface area (Å²) in [5.74, 6) is 0.112. The Bertz CT molecular complexity index is 457. The number of benzene rings is 1. The first-order chi connectivity index (χ1) is 10.6. The Balaban J connectivity index is 1.94. The van der Waals surface area contributed by atoms with Crippen LogP contribution < -0.4 is 5.32 Å². The van der Waals surface area contributed by atoms with Gasteiger partial charge in [0, 0.05) is 13.1 Å². The average Bonchev–Trinajstić information content (AvgIpc) is 2.59. The number of rotatable bonds is 6. The fraction of sp³-hybridized carbons (Fsp3) is 0.611. The van der Waals surface area contributed by atoms with Crippen LogP contribution in [-0.4, -0.2) is 41.7 Å². The van der Waals surface area contributed by atoms with Gasteiger partial charge in [-0.15, -0.1) is 0 Å². The molecule has 1 amide bonds. The highest BCUT2D eigenvalue weighted by molar-refractivity contribution is 5.81. The van der Waals surface area contributed by atoms with E-state index in [0.29, 0.717) is 6.04 Å². The van der Waals surface area contributed by atoms with Crippen molar-refractivity contribution in [2.24, 2.45) is 0 Å². The van der Waals surface area contributed by atoms with E-state index in [-0.39, 0.29) is 24.6 Å². The van der Waals surface area contributed by atoms with Gasteiger partial charge in [-0.1, -0.05) is 49.6 Å². The lowest BCUT2D eigenvalue weighted by Crippen LogP contribution is -2.49. The number of aliphatic hydroxyl groups excluding tert-OH is 1. The van der Waals surface area contributed by atoms with Crippen LogP contribution in [0.25, 0.3) is 0 Å². The van der Waals surface area contributed by atoms with E-state index in [0.717, 1.165) is 18.4 Å². The SMILES string of the molecule is C[C@H](N[C@H](CO)c1ccccc1)C(=O)N(C)C1CCCCC1. The summed E-state index contributed by atoms with van der Waals surface area (Å²) in [6.07, 6.45) is 5.93. The minimum atomic E-state index is -0.302. The van der Waals surface area contributed by atoms with Crippen molar-refractivity contribution in [3.05, 3.63) is 35.9 Å². The number of nitrogens with one attached hydrogen (secondary N) is 1. The van der Waals surface area contributed by atoms with E-state index in [1.807, 2.05) is 49.2 Å². The second-order valence-corrected chi connectivity index (χ2v) is 6.28. The molecule has 1 aromatic rings. The zero-order chi connectivity index (χ0) is 15.9. The maximum absolute atomic E-state index is 12.6. The minimum Gasteiger partial charge on any atom is -0.394 e. The molecule has 1 aliphatic rings. The molecule has 122 valence electrons. The fourth-order valence-electron chi connectivity index (χ4n) is 3.27. The van der Waals surface area contributed by atoms with E-state index < -0.39 is 0 Å². The summed E-state index contributed by atoms with van der Waals surface area (Å²) in [5.41, 5.74) is 1.00. The number of likely N-dealkylation sites (N-methyl/N-ethyl adjacent to an activating group) is 1. The first-order valence-electron chi connectivity index (χ1n) is 8.32. The first-order valence-corrected chi connectivity index (χ1v) is 8.32. The van der Waals surface area contributed by atoms with Gasteiger partial charge in [-0.05, 0) is 25.3 Å². The van der Waals surface area contributed by atoms with Crippen LogP contribution in [0.2, 0.25) is 0 Å². The monoisotopic (exact) mass is 304 g/mol. The second kappa shape index (κ2) is 8.30. The third-order valence-electron chi connectivity index (χ3n) is 4.68. The van der Waals surface area contributed by atoms with Gasteiger partial charge in [0.1, 0.15) is 0 Å². The van der Waals surface area contributed by atoms with Crippen molar-refractivity contribution in [1.82, 2.24) is 10.2 Å². The Morgan fingerprint density at radius 2 is 1.91 bits per heavy atom. The molecule has 2 rings (SSSR count). The quantitative estimate of drug-likeness (QED) is 0.849. The molecule has 0 radical (unpaired) electrons. The molecular formula is C18H28N2O2. The molecule has 0 unspecified atom stereocenters. The fourth-order valence-corrected chi connectivity index (χ4v) is 3.27. The summed E-state index contributed by atoms with van der Waals surface area (Å²) in [6, 6.07) is 9.63. The van der Waals surface area contributed by atoms with E-state index in [1.54, 1.807) is 0 Å². The van der Waals surface area contributed by atoms with Gasteiger partial charge in [-0.3, -0.25) is 10.1 Å². The smallest absolute Gasteiger partial charge is 0.239 e. The molecule has 1 aromatic carbocycles. The summed E-state index contributed by atoms with van der Waals surface area (Å²) in [5, 5.41) is 12.9. The minimum absolute atomic E-state index is 0.0191. The van der Waals surface area contributed by atoms with Gasteiger partial charge in [0.2, 0.25) is 5.91 Å². The molecule has 0 bridgehead atoms. The van der Waals surface area contributed by atoms with Crippen molar-refractivity contribution >= 4 is 5.91 Å². The molecule has 0 aromatic heterocycles. The van der Waals surface area contributed by atoms with Crippen LogP contribution in [0.1, 0.15) is 50.6 Å². The number of carbonyl (C=O) groups excluding carboxylic acids is 1. The number of amides is 1. The molecule has 22 heavy (non-hydrogen) atoms. The average molecular weight is 304 g/mol. The number of nitrogens with zero attached hydrogens (tertiary/aromatic N) is 1. The lowest BCUT2D eigenvalue weighted by atomic mass is 9.94. The molecule has 0 aliphatic heterocycles. The Labute approximate surface area is 133 Å².